The molecule has 1 aliphatic carbocycles. The molecule has 2 N–H and O–H groups in total. The fraction of sp³-hybridized carbons (Fsp3) is 0.682. The van der Waals surface area contributed by atoms with Crippen LogP contribution in [0.2, 0.25) is 5.02 Å². The van der Waals surface area contributed by atoms with E-state index >= 15 is 0 Å². The maximum absolute atomic E-state index is 12.4. The first-order valence-electron chi connectivity index (χ1n) is 10.8. The number of amides is 1. The maximum atomic E-state index is 12.4. The van der Waals surface area contributed by atoms with Crippen molar-refractivity contribution in [3.63, 3.8) is 0 Å². The number of carbonyl (C=O) groups is 1. The van der Waals surface area contributed by atoms with Gasteiger partial charge in [-0.15, -0.1) is 0 Å². The topological polar surface area (TPSA) is 65.0 Å². The molecule has 4 atom stereocenters. The molecule has 1 aromatic carbocycles. The molecule has 2 heterocycles. The number of ether oxygens (including phenoxy) is 1. The van der Waals surface area contributed by atoms with Crippen molar-refractivity contribution in [3.8, 4) is 0 Å². The molecule has 2 saturated heterocycles. The molecule has 3 aliphatic rings. The van der Waals surface area contributed by atoms with Gasteiger partial charge in [-0.3, -0.25) is 14.6 Å². The summed E-state index contributed by atoms with van der Waals surface area (Å²) in [6, 6.07) is 8.00. The van der Waals surface area contributed by atoms with E-state index in [0.717, 1.165) is 69.2 Å². The minimum atomic E-state index is -0.263. The number of nitrogens with one attached hydrogen (secondary N) is 1. The molecule has 0 aromatic heterocycles. The summed E-state index contributed by atoms with van der Waals surface area (Å²) in [6.45, 7) is 6.30. The third kappa shape index (κ3) is 5.50. The maximum Gasteiger partial charge on any atom is 0.234 e. The lowest BCUT2D eigenvalue weighted by Crippen LogP contribution is -2.53. The molecule has 1 aromatic rings. The average molecular weight is 422 g/mol. The highest BCUT2D eigenvalue weighted by Crippen LogP contribution is 2.38. The Kier molecular flexibility index (Phi) is 7.08. The van der Waals surface area contributed by atoms with Crippen molar-refractivity contribution in [3.05, 3.63) is 34.9 Å². The third-order valence-electron chi connectivity index (χ3n) is 6.69. The zero-order chi connectivity index (χ0) is 20.2. The molecule has 29 heavy (non-hydrogen) atoms. The molecule has 1 amide bonds. The first kappa shape index (κ1) is 21.1. The molecular formula is C22H32ClN3O3. The molecule has 6 nitrogen and oxygen atoms in total. The minimum absolute atomic E-state index is 0.0796. The van der Waals surface area contributed by atoms with Crippen molar-refractivity contribution >= 4 is 17.5 Å². The Balaban J connectivity index is 1.21. The number of likely N-dealkylation sites (tertiary alicyclic amines) is 1. The highest BCUT2D eigenvalue weighted by Gasteiger charge is 2.43. The fourth-order valence-electron chi connectivity index (χ4n) is 5.23. The molecule has 0 unspecified atom stereocenters. The second-order valence-corrected chi connectivity index (χ2v) is 9.13. The van der Waals surface area contributed by atoms with Crippen LogP contribution in [0.1, 0.15) is 18.4 Å². The molecule has 160 valence electrons. The summed E-state index contributed by atoms with van der Waals surface area (Å²) >= 11 is 6.01. The summed E-state index contributed by atoms with van der Waals surface area (Å²) in [5.41, 5.74) is 1.13. The van der Waals surface area contributed by atoms with Gasteiger partial charge in [0, 0.05) is 43.8 Å². The molecule has 0 radical (unpaired) electrons. The zero-order valence-electron chi connectivity index (χ0n) is 16.9. The molecule has 4 rings (SSSR count). The Hall–Kier alpha value is -1.18. The lowest BCUT2D eigenvalue weighted by Gasteiger charge is -2.43. The monoisotopic (exact) mass is 421 g/mol. The molecule has 0 spiro atoms. The van der Waals surface area contributed by atoms with E-state index in [9.17, 15) is 9.90 Å². The van der Waals surface area contributed by atoms with Gasteiger partial charge in [0.2, 0.25) is 5.91 Å². The van der Waals surface area contributed by atoms with Crippen LogP contribution < -0.4 is 5.32 Å². The summed E-state index contributed by atoms with van der Waals surface area (Å²) in [5, 5.41) is 14.5. The normalized spacial score (nSPS) is 30.8. The van der Waals surface area contributed by atoms with Crippen LogP contribution in [0.25, 0.3) is 0 Å². The largest absolute Gasteiger partial charge is 0.391 e. The van der Waals surface area contributed by atoms with Gasteiger partial charge in [-0.05, 0) is 48.8 Å². The second-order valence-electron chi connectivity index (χ2n) is 8.70. The van der Waals surface area contributed by atoms with Gasteiger partial charge >= 0.3 is 0 Å². The van der Waals surface area contributed by atoms with Crippen LogP contribution in [-0.4, -0.2) is 85.4 Å². The van der Waals surface area contributed by atoms with Gasteiger partial charge < -0.3 is 15.2 Å². The number of aliphatic hydroxyl groups is 1. The van der Waals surface area contributed by atoms with Crippen LogP contribution in [0.5, 0.6) is 0 Å². The predicted molar refractivity (Wildman–Crippen MR) is 113 cm³/mol. The van der Waals surface area contributed by atoms with Crippen LogP contribution in [0.4, 0.5) is 0 Å². The van der Waals surface area contributed by atoms with Crippen molar-refractivity contribution in [2.75, 3.05) is 52.5 Å². The molecule has 7 heteroatoms. The van der Waals surface area contributed by atoms with E-state index in [1.54, 1.807) is 0 Å². The van der Waals surface area contributed by atoms with Gasteiger partial charge in [-0.25, -0.2) is 0 Å². The highest BCUT2D eigenvalue weighted by molar-refractivity contribution is 6.30. The third-order valence-corrected chi connectivity index (χ3v) is 6.93. The fourth-order valence-corrected chi connectivity index (χ4v) is 5.45. The van der Waals surface area contributed by atoms with Crippen molar-refractivity contribution in [1.29, 1.82) is 0 Å². The second kappa shape index (κ2) is 9.75. The number of benzene rings is 1. The highest BCUT2D eigenvalue weighted by atomic mass is 35.5. The van der Waals surface area contributed by atoms with E-state index in [1.165, 1.54) is 0 Å². The van der Waals surface area contributed by atoms with Crippen molar-refractivity contribution in [2.45, 2.75) is 31.4 Å². The Morgan fingerprint density at radius 3 is 2.72 bits per heavy atom. The number of nitrogens with zero attached hydrogens (tertiary/aromatic N) is 2. The van der Waals surface area contributed by atoms with Crippen molar-refractivity contribution in [1.82, 2.24) is 15.1 Å². The van der Waals surface area contributed by atoms with Gasteiger partial charge in [0.25, 0.3) is 0 Å². The van der Waals surface area contributed by atoms with E-state index < -0.39 is 0 Å². The Bertz CT molecular complexity index is 698. The first-order chi connectivity index (χ1) is 14.1. The van der Waals surface area contributed by atoms with Crippen LogP contribution in [0.15, 0.2) is 24.3 Å². The average Bonchev–Trinajstić information content (AvgIpc) is 3.09. The van der Waals surface area contributed by atoms with Gasteiger partial charge in [0.15, 0.2) is 0 Å². The smallest absolute Gasteiger partial charge is 0.234 e. The Morgan fingerprint density at radius 1 is 1.21 bits per heavy atom. The zero-order valence-corrected chi connectivity index (χ0v) is 17.7. The quantitative estimate of drug-likeness (QED) is 0.727. The number of fused-ring (bicyclic) bond motifs is 1. The molecule has 1 saturated carbocycles. The van der Waals surface area contributed by atoms with E-state index in [2.05, 4.69) is 15.1 Å². The summed E-state index contributed by atoms with van der Waals surface area (Å²) in [4.78, 5) is 17.0. The van der Waals surface area contributed by atoms with Crippen LogP contribution in [-0.2, 0) is 16.0 Å². The van der Waals surface area contributed by atoms with Gasteiger partial charge in [-0.2, -0.15) is 0 Å². The Labute approximate surface area is 178 Å². The van der Waals surface area contributed by atoms with E-state index in [1.807, 2.05) is 24.3 Å². The number of aliphatic hydroxyl groups excluding tert-OH is 1. The summed E-state index contributed by atoms with van der Waals surface area (Å²) in [7, 11) is 0. The molecule has 2 aliphatic heterocycles. The summed E-state index contributed by atoms with van der Waals surface area (Å²) < 4.78 is 5.46. The molecule has 3 fully saturated rings. The number of carbonyl (C=O) groups excluding carboxylic acids is 1. The number of morpholine rings is 1. The van der Waals surface area contributed by atoms with Crippen LogP contribution in [0.3, 0.4) is 0 Å². The number of hydrogen-bond donors (Lipinski definition) is 2. The lowest BCUT2D eigenvalue weighted by molar-refractivity contribution is -0.122. The summed E-state index contributed by atoms with van der Waals surface area (Å²) in [6.07, 6.45) is 2.39. The number of halogens is 1. The van der Waals surface area contributed by atoms with E-state index in [0.29, 0.717) is 24.9 Å². The summed E-state index contributed by atoms with van der Waals surface area (Å²) in [5.74, 6) is 1.16. The Morgan fingerprint density at radius 2 is 1.97 bits per heavy atom. The van der Waals surface area contributed by atoms with Crippen LogP contribution >= 0.6 is 11.6 Å². The van der Waals surface area contributed by atoms with Crippen LogP contribution in [0, 0.1) is 11.8 Å². The lowest BCUT2D eigenvalue weighted by atomic mass is 9.77. The number of rotatable bonds is 6. The predicted octanol–water partition coefficient (Wildman–Crippen LogP) is 1.40. The van der Waals surface area contributed by atoms with Crippen molar-refractivity contribution in [2.24, 2.45) is 11.8 Å². The van der Waals surface area contributed by atoms with Crippen molar-refractivity contribution < 1.29 is 14.6 Å². The van der Waals surface area contributed by atoms with Gasteiger partial charge in [-0.1, -0.05) is 23.7 Å². The minimum Gasteiger partial charge on any atom is -0.391 e. The van der Waals surface area contributed by atoms with Gasteiger partial charge in [0.05, 0.1) is 25.9 Å². The molecular weight excluding hydrogens is 390 g/mol. The first-order valence-corrected chi connectivity index (χ1v) is 11.2. The van der Waals surface area contributed by atoms with E-state index in [4.69, 9.17) is 16.3 Å². The van der Waals surface area contributed by atoms with E-state index in [-0.39, 0.29) is 18.1 Å². The number of hydrogen-bond acceptors (Lipinski definition) is 5. The standard InChI is InChI=1S/C22H32ClN3O3/c23-19-3-1-2-16(10-19)4-5-24-22(28)15-25-13-17-11-20(21(27)12-18(17)14-25)26-6-8-29-9-7-26/h1-3,10,17-18,20-21,27H,4-9,11-15H2,(H,24,28)/t17-,18+,20-,21-/m1/s1. The molecule has 0 bridgehead atoms. The van der Waals surface area contributed by atoms with Gasteiger partial charge in [0.1, 0.15) is 0 Å². The SMILES string of the molecule is O=C(CN1C[C@H]2C[C@@H](N3CCOCC3)[C@H](O)C[C@H]2C1)NCCc1cccc(Cl)c1.